The molecule has 0 aliphatic rings. The highest BCUT2D eigenvalue weighted by Gasteiger charge is 2.06. The Morgan fingerprint density at radius 2 is 2.23 bits per heavy atom. The summed E-state index contributed by atoms with van der Waals surface area (Å²) in [6, 6.07) is 4.57. The standard InChI is InChI=1S/C10H10BrFO/c1-7-2-3-8(6-9(7)12)10(13)4-5-11/h2-3,6H,4-5H2,1H3. The number of rotatable bonds is 3. The van der Waals surface area contributed by atoms with Crippen molar-refractivity contribution < 1.29 is 9.18 Å². The van der Waals surface area contributed by atoms with Crippen LogP contribution in [0.15, 0.2) is 18.2 Å². The highest BCUT2D eigenvalue weighted by Crippen LogP contribution is 2.11. The average Bonchev–Trinajstić information content (AvgIpc) is 2.10. The van der Waals surface area contributed by atoms with Crippen molar-refractivity contribution in [3.05, 3.63) is 35.1 Å². The molecule has 1 aromatic rings. The molecule has 0 radical (unpaired) electrons. The maximum Gasteiger partial charge on any atom is 0.163 e. The van der Waals surface area contributed by atoms with Crippen molar-refractivity contribution in [3.63, 3.8) is 0 Å². The first-order valence-corrected chi connectivity index (χ1v) is 5.12. The van der Waals surface area contributed by atoms with Crippen molar-refractivity contribution in [1.29, 1.82) is 0 Å². The van der Waals surface area contributed by atoms with Gasteiger partial charge in [-0.25, -0.2) is 4.39 Å². The summed E-state index contributed by atoms with van der Waals surface area (Å²) in [5.74, 6) is -0.351. The molecule has 0 fully saturated rings. The third-order valence-corrected chi connectivity index (χ3v) is 2.21. The topological polar surface area (TPSA) is 17.1 Å². The summed E-state index contributed by atoms with van der Waals surface area (Å²) in [4.78, 5) is 11.3. The number of carbonyl (C=O) groups is 1. The molecule has 0 N–H and O–H groups in total. The van der Waals surface area contributed by atoms with Crippen molar-refractivity contribution in [2.75, 3.05) is 5.33 Å². The fourth-order valence-electron chi connectivity index (χ4n) is 0.996. The van der Waals surface area contributed by atoms with Crippen LogP contribution in [0.5, 0.6) is 0 Å². The lowest BCUT2D eigenvalue weighted by Crippen LogP contribution is -2.00. The molecule has 1 aromatic carbocycles. The van der Waals surface area contributed by atoms with E-state index >= 15 is 0 Å². The third-order valence-electron chi connectivity index (χ3n) is 1.82. The number of hydrogen-bond donors (Lipinski definition) is 0. The van der Waals surface area contributed by atoms with E-state index in [1.807, 2.05) is 0 Å². The first-order chi connectivity index (χ1) is 6.15. The van der Waals surface area contributed by atoms with Crippen LogP contribution in [0.4, 0.5) is 4.39 Å². The zero-order chi connectivity index (χ0) is 9.84. The summed E-state index contributed by atoms with van der Waals surface area (Å²) in [6.07, 6.45) is 0.405. The average molecular weight is 245 g/mol. The SMILES string of the molecule is Cc1ccc(C(=O)CCBr)cc1F. The minimum absolute atomic E-state index is 0.0317. The molecular formula is C10H10BrFO. The highest BCUT2D eigenvalue weighted by atomic mass is 79.9. The smallest absolute Gasteiger partial charge is 0.163 e. The molecule has 0 atom stereocenters. The second kappa shape index (κ2) is 4.51. The van der Waals surface area contributed by atoms with Gasteiger partial charge in [0, 0.05) is 17.3 Å². The summed E-state index contributed by atoms with van der Waals surface area (Å²) in [5, 5.41) is 0.612. The van der Waals surface area contributed by atoms with E-state index in [-0.39, 0.29) is 11.6 Å². The minimum Gasteiger partial charge on any atom is -0.294 e. The molecule has 1 nitrogen and oxygen atoms in total. The van der Waals surface area contributed by atoms with Crippen LogP contribution >= 0.6 is 15.9 Å². The number of aryl methyl sites for hydroxylation is 1. The first-order valence-electron chi connectivity index (χ1n) is 4.00. The van der Waals surface area contributed by atoms with E-state index in [0.717, 1.165) is 0 Å². The normalized spacial score (nSPS) is 10.1. The van der Waals surface area contributed by atoms with E-state index in [9.17, 15) is 9.18 Å². The number of alkyl halides is 1. The van der Waals surface area contributed by atoms with E-state index in [1.165, 1.54) is 6.07 Å². The lowest BCUT2D eigenvalue weighted by molar-refractivity contribution is 0.0989. The molecule has 0 unspecified atom stereocenters. The Kier molecular flexibility index (Phi) is 3.60. The Morgan fingerprint density at radius 3 is 2.77 bits per heavy atom. The van der Waals surface area contributed by atoms with Crippen LogP contribution in [0, 0.1) is 12.7 Å². The molecular weight excluding hydrogens is 235 g/mol. The predicted octanol–water partition coefficient (Wildman–Crippen LogP) is 3.10. The number of ketones is 1. The number of carbonyl (C=O) groups excluding carboxylic acids is 1. The fraction of sp³-hybridized carbons (Fsp3) is 0.300. The van der Waals surface area contributed by atoms with Gasteiger partial charge in [0.25, 0.3) is 0 Å². The molecule has 1 rings (SSSR count). The van der Waals surface area contributed by atoms with Crippen LogP contribution in [0.3, 0.4) is 0 Å². The van der Waals surface area contributed by atoms with Crippen molar-refractivity contribution >= 4 is 21.7 Å². The Balaban J connectivity index is 2.90. The predicted molar refractivity (Wildman–Crippen MR) is 53.9 cm³/mol. The van der Waals surface area contributed by atoms with Crippen LogP contribution < -0.4 is 0 Å². The summed E-state index contributed by atoms with van der Waals surface area (Å²) < 4.78 is 13.0. The van der Waals surface area contributed by atoms with Gasteiger partial charge in [-0.05, 0) is 18.6 Å². The van der Waals surface area contributed by atoms with E-state index in [2.05, 4.69) is 15.9 Å². The molecule has 0 bridgehead atoms. The Hall–Kier alpha value is -0.700. The fourth-order valence-corrected chi connectivity index (χ4v) is 1.36. The van der Waals surface area contributed by atoms with Gasteiger partial charge in [0.15, 0.2) is 5.78 Å². The number of Topliss-reactive ketones (excluding diaryl/α,β-unsaturated/α-hetero) is 1. The number of hydrogen-bond acceptors (Lipinski definition) is 1. The van der Waals surface area contributed by atoms with Gasteiger partial charge in [-0.15, -0.1) is 0 Å². The Morgan fingerprint density at radius 1 is 1.54 bits per heavy atom. The zero-order valence-corrected chi connectivity index (χ0v) is 8.90. The molecule has 0 amide bonds. The third kappa shape index (κ3) is 2.62. The van der Waals surface area contributed by atoms with Crippen molar-refractivity contribution in [1.82, 2.24) is 0 Å². The summed E-state index contributed by atoms with van der Waals surface area (Å²) in [6.45, 7) is 1.67. The highest BCUT2D eigenvalue weighted by molar-refractivity contribution is 9.09. The maximum absolute atomic E-state index is 13.0. The molecule has 0 saturated carbocycles. The van der Waals surface area contributed by atoms with Gasteiger partial charge in [0.1, 0.15) is 5.82 Å². The van der Waals surface area contributed by atoms with Crippen LogP contribution in [-0.4, -0.2) is 11.1 Å². The summed E-state index contributed by atoms with van der Waals surface area (Å²) >= 11 is 3.17. The van der Waals surface area contributed by atoms with E-state index < -0.39 is 0 Å². The molecule has 13 heavy (non-hydrogen) atoms. The first kappa shape index (κ1) is 10.4. The monoisotopic (exact) mass is 244 g/mol. The molecule has 0 spiro atoms. The van der Waals surface area contributed by atoms with E-state index in [1.54, 1.807) is 19.1 Å². The molecule has 0 saturated heterocycles. The molecule has 3 heteroatoms. The number of halogens is 2. The number of benzene rings is 1. The van der Waals surface area contributed by atoms with Gasteiger partial charge < -0.3 is 0 Å². The van der Waals surface area contributed by atoms with Crippen LogP contribution in [-0.2, 0) is 0 Å². The Labute approximate surface area is 85.1 Å². The van der Waals surface area contributed by atoms with Gasteiger partial charge in [-0.2, -0.15) is 0 Å². The maximum atomic E-state index is 13.0. The molecule has 70 valence electrons. The summed E-state index contributed by atoms with van der Waals surface area (Å²) in [7, 11) is 0. The van der Waals surface area contributed by atoms with E-state index in [0.29, 0.717) is 22.9 Å². The van der Waals surface area contributed by atoms with Crippen molar-refractivity contribution in [2.45, 2.75) is 13.3 Å². The van der Waals surface area contributed by atoms with Crippen molar-refractivity contribution in [3.8, 4) is 0 Å². The van der Waals surface area contributed by atoms with Crippen LogP contribution in [0.1, 0.15) is 22.3 Å². The lowest BCUT2D eigenvalue weighted by Gasteiger charge is -2.00. The zero-order valence-electron chi connectivity index (χ0n) is 7.31. The Bertz CT molecular complexity index is 323. The molecule has 0 aliphatic carbocycles. The minimum atomic E-state index is -0.319. The quantitative estimate of drug-likeness (QED) is 0.590. The van der Waals surface area contributed by atoms with Gasteiger partial charge >= 0.3 is 0 Å². The molecule has 0 heterocycles. The van der Waals surface area contributed by atoms with Gasteiger partial charge in [-0.3, -0.25) is 4.79 Å². The largest absolute Gasteiger partial charge is 0.294 e. The molecule has 0 aliphatic heterocycles. The molecule has 0 aromatic heterocycles. The second-order valence-electron chi connectivity index (χ2n) is 2.83. The van der Waals surface area contributed by atoms with E-state index in [4.69, 9.17) is 0 Å². The second-order valence-corrected chi connectivity index (χ2v) is 3.62. The van der Waals surface area contributed by atoms with Crippen LogP contribution in [0.2, 0.25) is 0 Å². The van der Waals surface area contributed by atoms with Crippen molar-refractivity contribution in [2.24, 2.45) is 0 Å². The van der Waals surface area contributed by atoms with Gasteiger partial charge in [0.05, 0.1) is 0 Å². The summed E-state index contributed by atoms with van der Waals surface area (Å²) in [5.41, 5.74) is 1.01. The van der Waals surface area contributed by atoms with Gasteiger partial charge in [-0.1, -0.05) is 28.1 Å². The van der Waals surface area contributed by atoms with Gasteiger partial charge in [0.2, 0.25) is 0 Å². The lowest BCUT2D eigenvalue weighted by atomic mass is 10.1. The van der Waals surface area contributed by atoms with Crippen LogP contribution in [0.25, 0.3) is 0 Å².